The van der Waals surface area contributed by atoms with Crippen LogP contribution < -0.4 is 5.32 Å². The van der Waals surface area contributed by atoms with Crippen molar-refractivity contribution >= 4 is 17.6 Å². The summed E-state index contributed by atoms with van der Waals surface area (Å²) < 4.78 is 1.56. The summed E-state index contributed by atoms with van der Waals surface area (Å²) in [5.74, 6) is -1.32. The molecule has 0 aliphatic rings. The van der Waals surface area contributed by atoms with Gasteiger partial charge in [-0.2, -0.15) is 5.10 Å². The van der Waals surface area contributed by atoms with Crippen LogP contribution >= 0.6 is 0 Å². The van der Waals surface area contributed by atoms with Crippen molar-refractivity contribution in [3.8, 4) is 0 Å². The maximum Gasteiger partial charge on any atom is 0.336 e. The highest BCUT2D eigenvalue weighted by Gasteiger charge is 2.15. The van der Waals surface area contributed by atoms with Crippen molar-refractivity contribution < 1.29 is 14.7 Å². The number of anilines is 1. The SMILES string of the molecule is Cc1nn(C)cc1C(=O)Nc1cccc(C(=O)O)c1C. The third kappa shape index (κ3) is 2.54. The number of carbonyl (C=O) groups excluding carboxylic acids is 1. The molecule has 0 bridgehead atoms. The lowest BCUT2D eigenvalue weighted by atomic mass is 10.1. The number of benzene rings is 1. The minimum Gasteiger partial charge on any atom is -0.478 e. The van der Waals surface area contributed by atoms with E-state index in [2.05, 4.69) is 10.4 Å². The maximum absolute atomic E-state index is 12.2. The molecule has 0 saturated carbocycles. The first kappa shape index (κ1) is 13.8. The van der Waals surface area contributed by atoms with Crippen molar-refractivity contribution in [2.24, 2.45) is 7.05 Å². The number of amides is 1. The molecule has 1 aromatic carbocycles. The van der Waals surface area contributed by atoms with E-state index in [1.165, 1.54) is 6.07 Å². The minimum atomic E-state index is -1.02. The zero-order chi connectivity index (χ0) is 14.9. The Kier molecular flexibility index (Phi) is 3.56. The van der Waals surface area contributed by atoms with Crippen molar-refractivity contribution in [2.45, 2.75) is 13.8 Å². The molecule has 0 saturated heterocycles. The number of carboxylic acids is 1. The van der Waals surface area contributed by atoms with Crippen LogP contribution in [0.4, 0.5) is 5.69 Å². The molecule has 0 fully saturated rings. The van der Waals surface area contributed by atoms with Gasteiger partial charge >= 0.3 is 5.97 Å². The van der Waals surface area contributed by atoms with Gasteiger partial charge in [-0.25, -0.2) is 4.79 Å². The van der Waals surface area contributed by atoms with E-state index >= 15 is 0 Å². The Morgan fingerprint density at radius 2 is 1.95 bits per heavy atom. The summed E-state index contributed by atoms with van der Waals surface area (Å²) in [6.07, 6.45) is 1.63. The number of aryl methyl sites for hydroxylation is 2. The van der Waals surface area contributed by atoms with E-state index in [1.54, 1.807) is 43.9 Å². The van der Waals surface area contributed by atoms with Crippen molar-refractivity contribution in [2.75, 3.05) is 5.32 Å². The topological polar surface area (TPSA) is 84.2 Å². The molecule has 1 heterocycles. The van der Waals surface area contributed by atoms with Crippen LogP contribution in [0.3, 0.4) is 0 Å². The van der Waals surface area contributed by atoms with Gasteiger partial charge in [0.2, 0.25) is 0 Å². The number of carbonyl (C=O) groups is 2. The van der Waals surface area contributed by atoms with Gasteiger partial charge < -0.3 is 10.4 Å². The lowest BCUT2D eigenvalue weighted by Crippen LogP contribution is -2.14. The van der Waals surface area contributed by atoms with Crippen LogP contribution in [0, 0.1) is 13.8 Å². The molecule has 2 rings (SSSR count). The van der Waals surface area contributed by atoms with E-state index in [4.69, 9.17) is 5.11 Å². The second-order valence-electron chi connectivity index (χ2n) is 4.54. The summed E-state index contributed by atoms with van der Waals surface area (Å²) in [6, 6.07) is 4.77. The van der Waals surface area contributed by atoms with E-state index in [1.807, 2.05) is 0 Å². The van der Waals surface area contributed by atoms with Crippen LogP contribution in [0.25, 0.3) is 0 Å². The largest absolute Gasteiger partial charge is 0.478 e. The fourth-order valence-corrected chi connectivity index (χ4v) is 2.01. The number of aromatic nitrogens is 2. The number of aromatic carboxylic acids is 1. The van der Waals surface area contributed by atoms with Gasteiger partial charge in [0.15, 0.2) is 0 Å². The van der Waals surface area contributed by atoms with Crippen LogP contribution in [-0.2, 0) is 7.05 Å². The number of nitrogens with one attached hydrogen (secondary N) is 1. The second kappa shape index (κ2) is 5.16. The first-order chi connectivity index (χ1) is 9.40. The van der Waals surface area contributed by atoms with Crippen molar-refractivity contribution in [1.82, 2.24) is 9.78 Å². The van der Waals surface area contributed by atoms with Crippen LogP contribution in [0.1, 0.15) is 32.0 Å². The predicted octanol–water partition coefficient (Wildman–Crippen LogP) is 1.99. The van der Waals surface area contributed by atoms with E-state index in [9.17, 15) is 9.59 Å². The lowest BCUT2D eigenvalue weighted by Gasteiger charge is -2.09. The molecule has 6 heteroatoms. The smallest absolute Gasteiger partial charge is 0.336 e. The van der Waals surface area contributed by atoms with Gasteiger partial charge in [0, 0.05) is 18.9 Å². The van der Waals surface area contributed by atoms with Gasteiger partial charge in [0.05, 0.1) is 16.8 Å². The molecule has 20 heavy (non-hydrogen) atoms. The summed E-state index contributed by atoms with van der Waals surface area (Å²) >= 11 is 0. The van der Waals surface area contributed by atoms with Gasteiger partial charge in [0.25, 0.3) is 5.91 Å². The van der Waals surface area contributed by atoms with Gasteiger partial charge in [0.1, 0.15) is 0 Å². The molecule has 2 N–H and O–H groups in total. The average Bonchev–Trinajstić information content (AvgIpc) is 2.70. The highest BCUT2D eigenvalue weighted by molar-refractivity contribution is 6.06. The van der Waals surface area contributed by atoms with Crippen LogP contribution in [0.2, 0.25) is 0 Å². The molecule has 0 aliphatic heterocycles. The predicted molar refractivity (Wildman–Crippen MR) is 74.0 cm³/mol. The van der Waals surface area contributed by atoms with Crippen molar-refractivity contribution in [1.29, 1.82) is 0 Å². The standard InChI is InChI=1S/C14H15N3O3/c1-8-10(14(19)20)5-4-6-12(8)15-13(18)11-7-17(3)16-9(11)2/h4-7H,1-3H3,(H,15,18)(H,19,20). The van der Waals surface area contributed by atoms with Gasteiger partial charge in [-0.15, -0.1) is 0 Å². The maximum atomic E-state index is 12.2. The summed E-state index contributed by atoms with van der Waals surface area (Å²) in [5, 5.41) is 15.9. The Labute approximate surface area is 116 Å². The molecule has 0 spiro atoms. The molecule has 6 nitrogen and oxygen atoms in total. The van der Waals surface area contributed by atoms with Crippen molar-refractivity contribution in [3.05, 3.63) is 46.8 Å². The molecule has 1 amide bonds. The number of hydrogen-bond acceptors (Lipinski definition) is 3. The van der Waals surface area contributed by atoms with Crippen LogP contribution in [0.5, 0.6) is 0 Å². The van der Waals surface area contributed by atoms with Gasteiger partial charge in [-0.3, -0.25) is 9.48 Å². The van der Waals surface area contributed by atoms with Crippen molar-refractivity contribution in [3.63, 3.8) is 0 Å². The summed E-state index contributed by atoms with van der Waals surface area (Å²) in [4.78, 5) is 23.2. The Morgan fingerprint density at radius 3 is 2.50 bits per heavy atom. The normalized spacial score (nSPS) is 10.3. The van der Waals surface area contributed by atoms with E-state index in [0.29, 0.717) is 22.5 Å². The number of hydrogen-bond donors (Lipinski definition) is 2. The van der Waals surface area contributed by atoms with Gasteiger partial charge in [-0.1, -0.05) is 6.07 Å². The first-order valence-corrected chi connectivity index (χ1v) is 6.04. The molecule has 0 unspecified atom stereocenters. The molecule has 0 atom stereocenters. The zero-order valence-electron chi connectivity index (χ0n) is 11.5. The first-order valence-electron chi connectivity index (χ1n) is 6.04. The third-order valence-corrected chi connectivity index (χ3v) is 3.07. The lowest BCUT2D eigenvalue weighted by molar-refractivity contribution is 0.0695. The number of nitrogens with zero attached hydrogens (tertiary/aromatic N) is 2. The highest BCUT2D eigenvalue weighted by atomic mass is 16.4. The molecule has 1 aromatic heterocycles. The molecule has 2 aromatic rings. The molecule has 104 valence electrons. The highest BCUT2D eigenvalue weighted by Crippen LogP contribution is 2.20. The Morgan fingerprint density at radius 1 is 1.25 bits per heavy atom. The van der Waals surface area contributed by atoms with Crippen LogP contribution in [-0.4, -0.2) is 26.8 Å². The fourth-order valence-electron chi connectivity index (χ4n) is 2.01. The molecular weight excluding hydrogens is 258 g/mol. The van der Waals surface area contributed by atoms with Gasteiger partial charge in [-0.05, 0) is 31.5 Å². The quantitative estimate of drug-likeness (QED) is 0.895. The number of rotatable bonds is 3. The summed E-state index contributed by atoms with van der Waals surface area (Å²) in [6.45, 7) is 3.41. The Hall–Kier alpha value is -2.63. The Balaban J connectivity index is 2.31. The fraction of sp³-hybridized carbons (Fsp3) is 0.214. The zero-order valence-corrected chi connectivity index (χ0v) is 11.5. The molecular formula is C14H15N3O3. The van der Waals surface area contributed by atoms with E-state index in [-0.39, 0.29) is 11.5 Å². The monoisotopic (exact) mass is 273 g/mol. The summed E-state index contributed by atoms with van der Waals surface area (Å²) in [5.41, 5.74) is 2.27. The van der Waals surface area contributed by atoms with E-state index in [0.717, 1.165) is 0 Å². The van der Waals surface area contributed by atoms with E-state index < -0.39 is 5.97 Å². The average molecular weight is 273 g/mol. The molecule has 0 aliphatic carbocycles. The summed E-state index contributed by atoms with van der Waals surface area (Å²) in [7, 11) is 1.74. The third-order valence-electron chi connectivity index (χ3n) is 3.07. The van der Waals surface area contributed by atoms with Crippen LogP contribution in [0.15, 0.2) is 24.4 Å². The molecule has 0 radical (unpaired) electrons. The number of carboxylic acid groups (broad SMARTS) is 1. The minimum absolute atomic E-state index is 0.172. The second-order valence-corrected chi connectivity index (χ2v) is 4.54. The Bertz CT molecular complexity index is 689.